The first-order valence-electron chi connectivity index (χ1n) is 5.60. The third-order valence-electron chi connectivity index (χ3n) is 3.05. The molecule has 0 bridgehead atoms. The van der Waals surface area contributed by atoms with E-state index in [4.69, 9.17) is 5.26 Å². The third-order valence-corrected chi connectivity index (χ3v) is 3.05. The van der Waals surface area contributed by atoms with Gasteiger partial charge in [-0.2, -0.15) is 5.26 Å². The van der Waals surface area contributed by atoms with Gasteiger partial charge in [0.05, 0.1) is 11.6 Å². The van der Waals surface area contributed by atoms with Gasteiger partial charge in [-0.15, -0.1) is 0 Å². The van der Waals surface area contributed by atoms with E-state index in [1.807, 2.05) is 36.7 Å². The molecule has 2 rings (SSSR count). The minimum atomic E-state index is 0.702. The molecule has 2 heteroatoms. The van der Waals surface area contributed by atoms with Crippen LogP contribution in [-0.4, -0.2) is 4.98 Å². The monoisotopic (exact) mass is 222 g/mol. The van der Waals surface area contributed by atoms with E-state index < -0.39 is 0 Å². The van der Waals surface area contributed by atoms with E-state index in [-0.39, 0.29) is 0 Å². The minimum absolute atomic E-state index is 0.702. The number of benzene rings is 1. The van der Waals surface area contributed by atoms with Gasteiger partial charge in [-0.25, -0.2) is 0 Å². The topological polar surface area (TPSA) is 36.7 Å². The summed E-state index contributed by atoms with van der Waals surface area (Å²) in [6, 6.07) is 9.84. The molecule has 0 radical (unpaired) electrons. The van der Waals surface area contributed by atoms with E-state index in [0.29, 0.717) is 5.56 Å². The van der Waals surface area contributed by atoms with Gasteiger partial charge in [0.2, 0.25) is 0 Å². The molecule has 0 amide bonds. The molecule has 17 heavy (non-hydrogen) atoms. The van der Waals surface area contributed by atoms with Crippen LogP contribution in [0.1, 0.15) is 27.8 Å². The Morgan fingerprint density at radius 3 is 2.47 bits per heavy atom. The summed E-state index contributed by atoms with van der Waals surface area (Å²) in [7, 11) is 0. The zero-order valence-electron chi connectivity index (χ0n) is 10.1. The Bertz CT molecular complexity index is 562. The number of rotatable bonds is 2. The second-order valence-electron chi connectivity index (χ2n) is 4.23. The Morgan fingerprint density at radius 1 is 1.12 bits per heavy atom. The van der Waals surface area contributed by atoms with Crippen molar-refractivity contribution < 1.29 is 0 Å². The van der Waals surface area contributed by atoms with Gasteiger partial charge < -0.3 is 0 Å². The Balaban J connectivity index is 2.26. The molecule has 0 spiro atoms. The normalized spacial score (nSPS) is 9.94. The lowest BCUT2D eigenvalue weighted by molar-refractivity contribution is 1.08. The zero-order chi connectivity index (χ0) is 12.3. The fraction of sp³-hybridized carbons (Fsp3) is 0.200. The lowest BCUT2D eigenvalue weighted by atomic mass is 9.99. The van der Waals surface area contributed by atoms with Crippen LogP contribution in [0, 0.1) is 25.2 Å². The highest BCUT2D eigenvalue weighted by atomic mass is 14.6. The van der Waals surface area contributed by atoms with Crippen molar-refractivity contribution in [2.45, 2.75) is 20.3 Å². The highest BCUT2D eigenvalue weighted by Gasteiger charge is 2.03. The smallest absolute Gasteiger partial charge is 0.0991 e. The number of hydrogen-bond acceptors (Lipinski definition) is 2. The first-order valence-corrected chi connectivity index (χ1v) is 5.60. The van der Waals surface area contributed by atoms with Crippen molar-refractivity contribution in [2.24, 2.45) is 0 Å². The molecular weight excluding hydrogens is 208 g/mol. The average Bonchev–Trinajstić information content (AvgIpc) is 2.36. The van der Waals surface area contributed by atoms with Gasteiger partial charge in [-0.3, -0.25) is 4.98 Å². The van der Waals surface area contributed by atoms with Gasteiger partial charge in [0.15, 0.2) is 0 Å². The van der Waals surface area contributed by atoms with Crippen molar-refractivity contribution in [3.05, 3.63) is 64.5 Å². The Morgan fingerprint density at radius 2 is 1.82 bits per heavy atom. The van der Waals surface area contributed by atoms with E-state index in [9.17, 15) is 0 Å². The average molecular weight is 222 g/mol. The highest BCUT2D eigenvalue weighted by Crippen LogP contribution is 2.15. The summed E-state index contributed by atoms with van der Waals surface area (Å²) in [4.78, 5) is 4.22. The van der Waals surface area contributed by atoms with Gasteiger partial charge in [0, 0.05) is 12.4 Å². The van der Waals surface area contributed by atoms with E-state index in [0.717, 1.165) is 6.42 Å². The lowest BCUT2D eigenvalue weighted by Gasteiger charge is -2.07. The summed E-state index contributed by atoms with van der Waals surface area (Å²) in [5.74, 6) is 0. The van der Waals surface area contributed by atoms with Gasteiger partial charge in [0.1, 0.15) is 0 Å². The standard InChI is InChI=1S/C15H14N2/c1-11-9-17-10-15(12(11)2)7-13-3-5-14(8-16)6-4-13/h3-6,9-10H,7H2,1-2H3. The maximum atomic E-state index is 8.74. The number of nitrogens with zero attached hydrogens (tertiary/aromatic N) is 2. The number of pyridine rings is 1. The number of aryl methyl sites for hydroxylation is 1. The van der Waals surface area contributed by atoms with E-state index in [1.54, 1.807) is 0 Å². The Labute approximate surface area is 102 Å². The predicted molar refractivity (Wildman–Crippen MR) is 67.7 cm³/mol. The van der Waals surface area contributed by atoms with Crippen LogP contribution in [0.4, 0.5) is 0 Å². The molecule has 0 aliphatic rings. The fourth-order valence-electron chi connectivity index (χ4n) is 1.78. The highest BCUT2D eigenvalue weighted by molar-refractivity contribution is 5.37. The molecule has 0 N–H and O–H groups in total. The first kappa shape index (κ1) is 11.3. The van der Waals surface area contributed by atoms with Gasteiger partial charge in [-0.1, -0.05) is 12.1 Å². The molecular formula is C15H14N2. The first-order chi connectivity index (χ1) is 8.20. The molecule has 0 unspecified atom stereocenters. The van der Waals surface area contributed by atoms with Crippen LogP contribution >= 0.6 is 0 Å². The summed E-state index contributed by atoms with van der Waals surface area (Å²) < 4.78 is 0. The fourth-order valence-corrected chi connectivity index (χ4v) is 1.78. The van der Waals surface area contributed by atoms with Gasteiger partial charge >= 0.3 is 0 Å². The van der Waals surface area contributed by atoms with Crippen molar-refractivity contribution in [1.29, 1.82) is 5.26 Å². The number of aromatic nitrogens is 1. The molecule has 1 heterocycles. The maximum absolute atomic E-state index is 8.74. The molecule has 1 aromatic heterocycles. The van der Waals surface area contributed by atoms with E-state index >= 15 is 0 Å². The molecule has 2 nitrogen and oxygen atoms in total. The van der Waals surface area contributed by atoms with Gasteiger partial charge in [-0.05, 0) is 54.7 Å². The van der Waals surface area contributed by atoms with Crippen LogP contribution in [0.5, 0.6) is 0 Å². The van der Waals surface area contributed by atoms with Crippen LogP contribution in [0.25, 0.3) is 0 Å². The van der Waals surface area contributed by atoms with Crippen LogP contribution in [0.15, 0.2) is 36.7 Å². The third kappa shape index (κ3) is 2.51. The van der Waals surface area contributed by atoms with E-state index in [1.165, 1.54) is 22.3 Å². The Kier molecular flexibility index (Phi) is 3.20. The summed E-state index contributed by atoms with van der Waals surface area (Å²) >= 11 is 0. The molecule has 0 saturated heterocycles. The lowest BCUT2D eigenvalue weighted by Crippen LogP contribution is -1.95. The molecule has 84 valence electrons. The second-order valence-corrected chi connectivity index (χ2v) is 4.23. The molecule has 2 aromatic rings. The number of hydrogen-bond donors (Lipinski definition) is 0. The van der Waals surface area contributed by atoms with Crippen LogP contribution < -0.4 is 0 Å². The van der Waals surface area contributed by atoms with Crippen LogP contribution in [0.2, 0.25) is 0 Å². The SMILES string of the molecule is Cc1cncc(Cc2ccc(C#N)cc2)c1C. The number of nitriles is 1. The minimum Gasteiger partial charge on any atom is -0.264 e. The molecule has 0 saturated carbocycles. The zero-order valence-corrected chi connectivity index (χ0v) is 10.1. The van der Waals surface area contributed by atoms with Crippen LogP contribution in [-0.2, 0) is 6.42 Å². The predicted octanol–water partition coefficient (Wildman–Crippen LogP) is 3.16. The van der Waals surface area contributed by atoms with Crippen molar-refractivity contribution in [1.82, 2.24) is 4.98 Å². The summed E-state index contributed by atoms with van der Waals surface area (Å²) in [5.41, 5.74) is 5.67. The quantitative estimate of drug-likeness (QED) is 0.782. The Hall–Kier alpha value is -2.14. The van der Waals surface area contributed by atoms with Crippen molar-refractivity contribution in [2.75, 3.05) is 0 Å². The van der Waals surface area contributed by atoms with E-state index in [2.05, 4.69) is 24.9 Å². The van der Waals surface area contributed by atoms with Crippen molar-refractivity contribution in [3.8, 4) is 6.07 Å². The van der Waals surface area contributed by atoms with Gasteiger partial charge in [0.25, 0.3) is 0 Å². The molecule has 0 aliphatic heterocycles. The summed E-state index contributed by atoms with van der Waals surface area (Å²) in [5, 5.41) is 8.74. The molecule has 0 atom stereocenters. The molecule has 0 fully saturated rings. The van der Waals surface area contributed by atoms with Crippen molar-refractivity contribution >= 4 is 0 Å². The molecule has 0 aliphatic carbocycles. The maximum Gasteiger partial charge on any atom is 0.0991 e. The summed E-state index contributed by atoms with van der Waals surface area (Å²) in [6.45, 7) is 4.20. The largest absolute Gasteiger partial charge is 0.264 e. The van der Waals surface area contributed by atoms with Crippen molar-refractivity contribution in [3.63, 3.8) is 0 Å². The summed E-state index contributed by atoms with van der Waals surface area (Å²) in [6.07, 6.45) is 4.67. The van der Waals surface area contributed by atoms with Crippen LogP contribution in [0.3, 0.4) is 0 Å². The molecule has 1 aromatic carbocycles. The second kappa shape index (κ2) is 4.80.